The number of hydrogen-bond acceptors (Lipinski definition) is 3. The van der Waals surface area contributed by atoms with Gasteiger partial charge in [0, 0.05) is 7.05 Å². The molecule has 0 bridgehead atoms. The average molecular weight is 283 g/mol. The maximum atomic E-state index is 11.0. The topological polar surface area (TPSA) is 29.5 Å². The molecule has 0 saturated heterocycles. The fourth-order valence-electron chi connectivity index (χ4n) is 1.49. The zero-order chi connectivity index (χ0) is 12.2. The van der Waals surface area contributed by atoms with Gasteiger partial charge in [-0.15, -0.1) is 0 Å². The first kappa shape index (κ1) is 19.3. The number of ether oxygens (including phenoxy) is 1. The minimum absolute atomic E-state index is 0. The van der Waals surface area contributed by atoms with Crippen LogP contribution in [0.1, 0.15) is 58.3 Å². The van der Waals surface area contributed by atoms with E-state index in [0.29, 0.717) is 6.61 Å². The lowest BCUT2D eigenvalue weighted by molar-refractivity contribution is -0.00000998. The summed E-state index contributed by atoms with van der Waals surface area (Å²) in [6.45, 7) is 2.74. The molecule has 0 unspecified atom stereocenters. The van der Waals surface area contributed by atoms with Gasteiger partial charge in [0.2, 0.25) is 0 Å². The highest BCUT2D eigenvalue weighted by Gasteiger charge is 2.03. The first-order valence-corrected chi connectivity index (χ1v) is 6.67. The number of nitrogens with zero attached hydrogens (tertiary/aromatic N) is 1. The minimum atomic E-state index is -0.369. The van der Waals surface area contributed by atoms with Crippen molar-refractivity contribution in [3.8, 4) is 0 Å². The van der Waals surface area contributed by atoms with Gasteiger partial charge in [-0.25, -0.2) is 4.79 Å². The molecule has 0 aliphatic rings. The van der Waals surface area contributed by atoms with Crippen molar-refractivity contribution in [1.82, 2.24) is 4.31 Å². The summed E-state index contributed by atoms with van der Waals surface area (Å²) >= 11 is 3.84. The Morgan fingerprint density at radius 3 is 2.00 bits per heavy atom. The quantitative estimate of drug-likeness (QED) is 0.506. The number of amides is 1. The number of thiol groups is 1. The lowest BCUT2D eigenvalue weighted by Gasteiger charge is -2.09. The molecule has 0 aromatic rings. The molecule has 0 atom stereocenters. The van der Waals surface area contributed by atoms with Gasteiger partial charge in [-0.05, 0) is 6.42 Å². The average Bonchev–Trinajstić information content (AvgIpc) is 2.26. The first-order valence-electron chi connectivity index (χ1n) is 6.27. The summed E-state index contributed by atoms with van der Waals surface area (Å²) < 4.78 is 6.12. The van der Waals surface area contributed by atoms with Crippen molar-refractivity contribution in [3.63, 3.8) is 0 Å². The maximum absolute atomic E-state index is 11.0. The molecule has 0 aromatic heterocycles. The fraction of sp³-hybridized carbons (Fsp3) is 0.917. The van der Waals surface area contributed by atoms with E-state index in [0.717, 1.165) is 17.1 Å². The number of carbonyl (C=O) groups excluding carboxylic acids is 1. The van der Waals surface area contributed by atoms with E-state index in [2.05, 4.69) is 19.7 Å². The van der Waals surface area contributed by atoms with Crippen LogP contribution in [0.2, 0.25) is 0 Å². The molecule has 0 aromatic carbocycles. The van der Waals surface area contributed by atoms with Crippen molar-refractivity contribution in [3.05, 3.63) is 0 Å². The smallest absolute Gasteiger partial charge is 0.419 e. The summed E-state index contributed by atoms with van der Waals surface area (Å²) in [6.07, 6.45) is 9.64. The van der Waals surface area contributed by atoms with Crippen LogP contribution in [0.3, 0.4) is 0 Å². The van der Waals surface area contributed by atoms with Crippen LogP contribution >= 0.6 is 12.8 Å². The first-order chi connectivity index (χ1) is 7.68. The van der Waals surface area contributed by atoms with Gasteiger partial charge in [0.1, 0.15) is 0 Å². The summed E-state index contributed by atoms with van der Waals surface area (Å²) in [5.74, 6) is 0. The molecular formula is C12H25ClNO2S-. The van der Waals surface area contributed by atoms with E-state index in [9.17, 15) is 4.79 Å². The molecule has 0 spiro atoms. The molecule has 3 nitrogen and oxygen atoms in total. The highest BCUT2D eigenvalue weighted by Crippen LogP contribution is 2.08. The van der Waals surface area contributed by atoms with Gasteiger partial charge in [0.25, 0.3) is 0 Å². The standard InChI is InChI=1S/C12H25NO2S.ClH/c1-3-4-5-6-7-8-9-10-11-15-12(14)13(2)16;/h16H,3-11H2,1-2H3;1H/p-1. The third kappa shape index (κ3) is 13.8. The van der Waals surface area contributed by atoms with Crippen LogP contribution in [0, 0.1) is 0 Å². The lowest BCUT2D eigenvalue weighted by Crippen LogP contribution is -3.00. The molecule has 104 valence electrons. The SMILES string of the molecule is CCCCCCCCCCOC(=O)N(C)S.[Cl-]. The highest BCUT2D eigenvalue weighted by molar-refractivity contribution is 7.78. The van der Waals surface area contributed by atoms with Crippen molar-refractivity contribution in [1.29, 1.82) is 0 Å². The van der Waals surface area contributed by atoms with E-state index in [1.807, 2.05) is 0 Å². The molecule has 0 aliphatic carbocycles. The van der Waals surface area contributed by atoms with Crippen molar-refractivity contribution in [2.75, 3.05) is 13.7 Å². The Morgan fingerprint density at radius 2 is 1.53 bits per heavy atom. The summed E-state index contributed by atoms with van der Waals surface area (Å²) in [6, 6.07) is 0. The van der Waals surface area contributed by atoms with E-state index >= 15 is 0 Å². The Hall–Kier alpha value is -0.0900. The minimum Gasteiger partial charge on any atom is -1.00 e. The maximum Gasteiger partial charge on any atom is 0.419 e. The third-order valence-electron chi connectivity index (χ3n) is 2.49. The summed E-state index contributed by atoms with van der Waals surface area (Å²) in [5.41, 5.74) is 0. The molecule has 17 heavy (non-hydrogen) atoms. The van der Waals surface area contributed by atoms with E-state index in [4.69, 9.17) is 4.74 Å². The van der Waals surface area contributed by atoms with E-state index in [-0.39, 0.29) is 18.5 Å². The normalized spacial score (nSPS) is 9.59. The number of unbranched alkanes of at least 4 members (excludes halogenated alkanes) is 7. The molecule has 1 amide bonds. The van der Waals surface area contributed by atoms with Crippen molar-refractivity contribution in [2.45, 2.75) is 58.3 Å². The summed E-state index contributed by atoms with van der Waals surface area (Å²) in [5, 5.41) is 0. The van der Waals surface area contributed by atoms with Gasteiger partial charge in [0.15, 0.2) is 0 Å². The van der Waals surface area contributed by atoms with E-state index in [1.54, 1.807) is 7.05 Å². The zero-order valence-electron chi connectivity index (χ0n) is 11.0. The predicted octanol–water partition coefficient (Wildman–Crippen LogP) is 1.04. The second-order valence-electron chi connectivity index (χ2n) is 4.11. The Balaban J connectivity index is 0. The van der Waals surface area contributed by atoms with Crippen LogP contribution in [0.4, 0.5) is 4.79 Å². The van der Waals surface area contributed by atoms with Gasteiger partial charge in [-0.2, -0.15) is 0 Å². The van der Waals surface area contributed by atoms with Crippen molar-refractivity contribution >= 4 is 18.9 Å². The number of carbonyl (C=O) groups is 1. The van der Waals surface area contributed by atoms with Crippen molar-refractivity contribution < 1.29 is 21.9 Å². The third-order valence-corrected chi connectivity index (χ3v) is 2.65. The van der Waals surface area contributed by atoms with Crippen LogP contribution in [-0.4, -0.2) is 24.1 Å². The monoisotopic (exact) mass is 282 g/mol. The van der Waals surface area contributed by atoms with Gasteiger partial charge in [0.05, 0.1) is 6.61 Å². The second kappa shape index (κ2) is 14.0. The zero-order valence-corrected chi connectivity index (χ0v) is 12.6. The van der Waals surface area contributed by atoms with Gasteiger partial charge in [-0.1, -0.05) is 64.7 Å². The van der Waals surface area contributed by atoms with Gasteiger partial charge in [-0.3, -0.25) is 4.31 Å². The Kier molecular flexibility index (Phi) is 15.8. The molecule has 0 aliphatic heterocycles. The lowest BCUT2D eigenvalue weighted by atomic mass is 10.1. The molecule has 0 rings (SSSR count). The summed E-state index contributed by atoms with van der Waals surface area (Å²) in [7, 11) is 1.57. The molecular weight excluding hydrogens is 258 g/mol. The van der Waals surface area contributed by atoms with Crippen LogP contribution in [-0.2, 0) is 4.74 Å². The van der Waals surface area contributed by atoms with Gasteiger partial charge < -0.3 is 17.1 Å². The Labute approximate surface area is 117 Å². The predicted molar refractivity (Wildman–Crippen MR) is 70.7 cm³/mol. The molecule has 0 radical (unpaired) electrons. The van der Waals surface area contributed by atoms with Crippen LogP contribution in [0.15, 0.2) is 0 Å². The van der Waals surface area contributed by atoms with E-state index in [1.165, 1.54) is 38.5 Å². The molecule has 0 saturated carbocycles. The van der Waals surface area contributed by atoms with Gasteiger partial charge >= 0.3 is 6.09 Å². The number of halogens is 1. The summed E-state index contributed by atoms with van der Waals surface area (Å²) in [4.78, 5) is 11.0. The molecule has 0 N–H and O–H groups in total. The highest BCUT2D eigenvalue weighted by atomic mass is 35.5. The Bertz CT molecular complexity index is 180. The number of hydrogen-bond donors (Lipinski definition) is 1. The number of rotatable bonds is 9. The fourth-order valence-corrected chi connectivity index (χ4v) is 1.55. The van der Waals surface area contributed by atoms with Crippen molar-refractivity contribution in [2.24, 2.45) is 0 Å². The second-order valence-corrected chi connectivity index (χ2v) is 4.71. The molecule has 0 heterocycles. The van der Waals surface area contributed by atoms with Crippen LogP contribution in [0.25, 0.3) is 0 Å². The Morgan fingerprint density at radius 1 is 1.06 bits per heavy atom. The molecule has 0 fully saturated rings. The van der Waals surface area contributed by atoms with E-state index < -0.39 is 0 Å². The van der Waals surface area contributed by atoms with Crippen LogP contribution in [0.5, 0.6) is 0 Å². The molecule has 5 heteroatoms. The largest absolute Gasteiger partial charge is 1.00 e. The van der Waals surface area contributed by atoms with Crippen LogP contribution < -0.4 is 12.4 Å².